The minimum atomic E-state index is -2.49. The summed E-state index contributed by atoms with van der Waals surface area (Å²) < 4.78 is 35.7. The van der Waals surface area contributed by atoms with Crippen LogP contribution in [0.25, 0.3) is 0 Å². The van der Waals surface area contributed by atoms with Gasteiger partial charge < -0.3 is 26.6 Å². The van der Waals surface area contributed by atoms with Crippen molar-refractivity contribution < 1.29 is 26.6 Å². The third-order valence-corrected chi connectivity index (χ3v) is 14.0. The van der Waals surface area contributed by atoms with Gasteiger partial charge in [-0.1, -0.05) is 97.8 Å². The second kappa shape index (κ2) is 30.6. The van der Waals surface area contributed by atoms with Crippen LogP contribution >= 0.6 is 0 Å². The van der Waals surface area contributed by atoms with Crippen LogP contribution in [0.2, 0.25) is 11.6 Å². The SMILES string of the molecule is CCCCCCCC(CC)[Si](OCC)(OCC)OCC.CCCCCCCCCC[Si](OCC)(OCC)OCC. The molecular formula is C32H72O6Si2. The molecule has 0 spiro atoms. The minimum absolute atomic E-state index is 0.448. The largest absolute Gasteiger partial charge is 0.504 e. The molecule has 0 saturated heterocycles. The molecule has 0 aromatic carbocycles. The Labute approximate surface area is 253 Å². The average Bonchev–Trinajstić information content (AvgIpc) is 2.93. The fourth-order valence-corrected chi connectivity index (χ4v) is 11.1. The summed E-state index contributed by atoms with van der Waals surface area (Å²) in [7, 11) is -4.87. The van der Waals surface area contributed by atoms with Gasteiger partial charge in [-0.05, 0) is 60.8 Å². The normalized spacial score (nSPS) is 12.8. The molecule has 6 nitrogen and oxygen atoms in total. The van der Waals surface area contributed by atoms with Crippen LogP contribution in [0.1, 0.15) is 159 Å². The number of hydrogen-bond acceptors (Lipinski definition) is 6. The van der Waals surface area contributed by atoms with Gasteiger partial charge in [-0.2, -0.15) is 0 Å². The van der Waals surface area contributed by atoms with Crippen molar-refractivity contribution in [1.29, 1.82) is 0 Å². The summed E-state index contributed by atoms with van der Waals surface area (Å²) in [4.78, 5) is 0. The summed E-state index contributed by atoms with van der Waals surface area (Å²) in [5.41, 5.74) is 0.448. The van der Waals surface area contributed by atoms with E-state index < -0.39 is 17.6 Å². The number of unbranched alkanes of at least 4 members (excludes halogenated alkanes) is 11. The summed E-state index contributed by atoms with van der Waals surface area (Å²) in [6.07, 6.45) is 19.5. The Hall–Kier alpha value is 0.194. The molecule has 244 valence electrons. The lowest BCUT2D eigenvalue weighted by Gasteiger charge is -2.35. The number of hydrogen-bond donors (Lipinski definition) is 0. The van der Waals surface area contributed by atoms with Crippen LogP contribution in [-0.2, 0) is 26.6 Å². The maximum Gasteiger partial charge on any atom is 0.504 e. The van der Waals surface area contributed by atoms with Crippen molar-refractivity contribution in [2.24, 2.45) is 0 Å². The molecule has 0 aromatic rings. The molecule has 0 aliphatic heterocycles. The van der Waals surface area contributed by atoms with Crippen molar-refractivity contribution >= 4 is 17.6 Å². The minimum Gasteiger partial charge on any atom is -0.374 e. The van der Waals surface area contributed by atoms with E-state index in [4.69, 9.17) is 26.6 Å². The molecular weight excluding hydrogens is 537 g/mol. The van der Waals surface area contributed by atoms with E-state index >= 15 is 0 Å². The van der Waals surface area contributed by atoms with E-state index in [1.807, 2.05) is 41.5 Å². The van der Waals surface area contributed by atoms with Gasteiger partial charge in [0.25, 0.3) is 0 Å². The third-order valence-electron chi connectivity index (χ3n) is 7.11. The van der Waals surface area contributed by atoms with E-state index in [-0.39, 0.29) is 0 Å². The summed E-state index contributed by atoms with van der Waals surface area (Å²) >= 11 is 0. The second-order valence-electron chi connectivity index (χ2n) is 10.4. The molecule has 0 heterocycles. The van der Waals surface area contributed by atoms with Crippen LogP contribution < -0.4 is 0 Å². The van der Waals surface area contributed by atoms with Gasteiger partial charge in [0.2, 0.25) is 0 Å². The lowest BCUT2D eigenvalue weighted by molar-refractivity contribution is 0.0588. The number of rotatable bonds is 29. The molecule has 1 atom stereocenters. The van der Waals surface area contributed by atoms with Crippen LogP contribution in [0.4, 0.5) is 0 Å². The molecule has 0 N–H and O–H groups in total. The van der Waals surface area contributed by atoms with Gasteiger partial charge in [-0.3, -0.25) is 0 Å². The van der Waals surface area contributed by atoms with Crippen molar-refractivity contribution in [1.82, 2.24) is 0 Å². The molecule has 8 heteroatoms. The van der Waals surface area contributed by atoms with Gasteiger partial charge in [-0.15, -0.1) is 0 Å². The molecule has 0 aliphatic rings. The molecule has 0 saturated carbocycles. The Morgan fingerprint density at radius 2 is 0.750 bits per heavy atom. The van der Waals surface area contributed by atoms with E-state index in [1.54, 1.807) is 0 Å². The first-order valence-electron chi connectivity index (χ1n) is 17.3. The molecule has 0 fully saturated rings. The fraction of sp³-hybridized carbons (Fsp3) is 1.00. The van der Waals surface area contributed by atoms with Gasteiger partial charge in [0.15, 0.2) is 0 Å². The first-order valence-corrected chi connectivity index (χ1v) is 21.0. The predicted molar refractivity (Wildman–Crippen MR) is 176 cm³/mol. The molecule has 0 amide bonds. The standard InChI is InChI=1S/2C16H36O3Si/c1-6-11-12-13-14-15-16(7-2)20(17-8-3,18-9-4)19-10-5;1-5-9-10-11-12-13-14-15-16-20(17-6-2,18-7-3)19-8-4/h16H,6-15H2,1-5H3;5-16H2,1-4H3. The summed E-state index contributed by atoms with van der Waals surface area (Å²) in [5, 5.41) is 0. The van der Waals surface area contributed by atoms with E-state index in [0.29, 0.717) is 45.2 Å². The summed E-state index contributed by atoms with van der Waals surface area (Å²) in [6, 6.07) is 0.970. The molecule has 0 radical (unpaired) electrons. The van der Waals surface area contributed by atoms with Crippen molar-refractivity contribution in [3.05, 3.63) is 0 Å². The van der Waals surface area contributed by atoms with E-state index in [2.05, 4.69) is 20.8 Å². The summed E-state index contributed by atoms with van der Waals surface area (Å²) in [5.74, 6) is 0. The maximum absolute atomic E-state index is 6.04. The smallest absolute Gasteiger partial charge is 0.374 e. The first-order chi connectivity index (χ1) is 19.4. The van der Waals surface area contributed by atoms with Gasteiger partial charge in [-0.25, -0.2) is 0 Å². The molecule has 1 unspecified atom stereocenters. The quantitative estimate of drug-likeness (QED) is 0.0622. The van der Waals surface area contributed by atoms with E-state index in [9.17, 15) is 0 Å². The Kier molecular flexibility index (Phi) is 32.4. The van der Waals surface area contributed by atoms with E-state index in [1.165, 1.54) is 89.9 Å². The molecule has 0 aliphatic carbocycles. The molecule has 0 aromatic heterocycles. The van der Waals surface area contributed by atoms with Crippen LogP contribution in [0.5, 0.6) is 0 Å². The highest BCUT2D eigenvalue weighted by Gasteiger charge is 2.47. The second-order valence-corrected chi connectivity index (χ2v) is 16.0. The van der Waals surface area contributed by atoms with Crippen LogP contribution in [0, 0.1) is 0 Å². The molecule has 0 bridgehead atoms. The van der Waals surface area contributed by atoms with Gasteiger partial charge >= 0.3 is 17.6 Å². The average molecular weight is 609 g/mol. The molecule has 40 heavy (non-hydrogen) atoms. The Morgan fingerprint density at radius 1 is 0.400 bits per heavy atom. The lowest BCUT2D eigenvalue weighted by Crippen LogP contribution is -2.50. The third kappa shape index (κ3) is 21.0. The van der Waals surface area contributed by atoms with Crippen molar-refractivity contribution in [3.63, 3.8) is 0 Å². The Morgan fingerprint density at radius 3 is 1.10 bits per heavy atom. The fourth-order valence-electron chi connectivity index (χ4n) is 5.18. The Balaban J connectivity index is 0. The zero-order valence-corrected chi connectivity index (χ0v) is 30.6. The van der Waals surface area contributed by atoms with Crippen LogP contribution in [0.15, 0.2) is 0 Å². The topological polar surface area (TPSA) is 55.4 Å². The lowest BCUT2D eigenvalue weighted by atomic mass is 10.1. The first kappa shape index (κ1) is 42.3. The monoisotopic (exact) mass is 608 g/mol. The van der Waals surface area contributed by atoms with Gasteiger partial charge in [0.1, 0.15) is 0 Å². The predicted octanol–water partition coefficient (Wildman–Crippen LogP) is 10.4. The highest BCUT2D eigenvalue weighted by atomic mass is 28.4. The molecule has 0 rings (SSSR count). The van der Waals surface area contributed by atoms with Crippen molar-refractivity contribution in [3.8, 4) is 0 Å². The van der Waals surface area contributed by atoms with Gasteiger partial charge in [0.05, 0.1) is 0 Å². The zero-order valence-electron chi connectivity index (χ0n) is 28.6. The van der Waals surface area contributed by atoms with Crippen molar-refractivity contribution in [2.75, 3.05) is 39.6 Å². The van der Waals surface area contributed by atoms with Crippen LogP contribution in [-0.4, -0.2) is 57.3 Å². The maximum atomic E-state index is 6.04. The van der Waals surface area contributed by atoms with E-state index in [0.717, 1.165) is 12.5 Å². The highest BCUT2D eigenvalue weighted by molar-refractivity contribution is 6.62. The van der Waals surface area contributed by atoms with Crippen molar-refractivity contribution in [2.45, 2.75) is 170 Å². The summed E-state index contributed by atoms with van der Waals surface area (Å²) in [6.45, 7) is 23.0. The Bertz CT molecular complexity index is 464. The van der Waals surface area contributed by atoms with Gasteiger partial charge in [0, 0.05) is 51.2 Å². The van der Waals surface area contributed by atoms with Crippen LogP contribution in [0.3, 0.4) is 0 Å². The zero-order chi connectivity index (χ0) is 30.4. The highest BCUT2D eigenvalue weighted by Crippen LogP contribution is 2.34.